The van der Waals surface area contributed by atoms with Crippen molar-refractivity contribution in [2.75, 3.05) is 0 Å². The molecule has 1 aromatic carbocycles. The molecule has 0 spiro atoms. The van der Waals surface area contributed by atoms with Crippen LogP contribution in [0.2, 0.25) is 0 Å². The number of rotatable bonds is 5. The Kier molecular flexibility index (Phi) is 3.67. The van der Waals surface area contributed by atoms with E-state index >= 15 is 0 Å². The van der Waals surface area contributed by atoms with Crippen LogP contribution < -0.4 is 4.74 Å². The average Bonchev–Trinajstić information content (AvgIpc) is 2.85. The van der Waals surface area contributed by atoms with E-state index in [0.29, 0.717) is 5.76 Å². The molecule has 0 atom stereocenters. The van der Waals surface area contributed by atoms with Crippen LogP contribution >= 0.6 is 0 Å². The SMILES string of the molecule is CCc1cccc(OCc2ccc(C(=O)O)o2)c1. The summed E-state index contributed by atoms with van der Waals surface area (Å²) in [6.07, 6.45) is 0.946. The summed E-state index contributed by atoms with van der Waals surface area (Å²) >= 11 is 0. The van der Waals surface area contributed by atoms with Crippen LogP contribution in [0.15, 0.2) is 40.8 Å². The number of carboxylic acids is 1. The van der Waals surface area contributed by atoms with Gasteiger partial charge in [0.25, 0.3) is 0 Å². The molecular formula is C14H14O4. The molecule has 0 saturated heterocycles. The number of carbonyl (C=O) groups is 1. The van der Waals surface area contributed by atoms with E-state index in [1.807, 2.05) is 24.3 Å². The molecule has 0 bridgehead atoms. The molecule has 1 heterocycles. The van der Waals surface area contributed by atoms with E-state index in [4.69, 9.17) is 14.3 Å². The van der Waals surface area contributed by atoms with Crippen LogP contribution in [0.5, 0.6) is 5.75 Å². The summed E-state index contributed by atoms with van der Waals surface area (Å²) in [5.74, 6) is 0.0991. The highest BCUT2D eigenvalue weighted by Gasteiger charge is 2.09. The highest BCUT2D eigenvalue weighted by Crippen LogP contribution is 2.16. The molecule has 0 aliphatic heterocycles. The first-order valence-electron chi connectivity index (χ1n) is 5.73. The molecule has 4 heteroatoms. The van der Waals surface area contributed by atoms with Crippen LogP contribution in [-0.4, -0.2) is 11.1 Å². The lowest BCUT2D eigenvalue weighted by atomic mass is 10.2. The molecule has 0 unspecified atom stereocenters. The molecule has 0 aliphatic carbocycles. The average molecular weight is 246 g/mol. The molecule has 4 nitrogen and oxygen atoms in total. The Morgan fingerprint density at radius 1 is 1.33 bits per heavy atom. The number of aryl methyl sites for hydroxylation is 1. The minimum Gasteiger partial charge on any atom is -0.486 e. The molecule has 0 saturated carbocycles. The predicted octanol–water partition coefficient (Wildman–Crippen LogP) is 3.12. The van der Waals surface area contributed by atoms with Crippen molar-refractivity contribution in [3.8, 4) is 5.75 Å². The van der Waals surface area contributed by atoms with Crippen LogP contribution in [0.3, 0.4) is 0 Å². The Balaban J connectivity index is 1.99. The topological polar surface area (TPSA) is 59.7 Å². The molecule has 94 valence electrons. The smallest absolute Gasteiger partial charge is 0.371 e. The van der Waals surface area contributed by atoms with Crippen molar-refractivity contribution in [1.29, 1.82) is 0 Å². The van der Waals surface area contributed by atoms with Crippen molar-refractivity contribution in [3.05, 3.63) is 53.5 Å². The Labute approximate surface area is 105 Å². The Hall–Kier alpha value is -2.23. The zero-order valence-corrected chi connectivity index (χ0v) is 10.1. The van der Waals surface area contributed by atoms with Gasteiger partial charge in [0.1, 0.15) is 18.1 Å². The fraction of sp³-hybridized carbons (Fsp3) is 0.214. The third-order valence-corrected chi connectivity index (χ3v) is 2.56. The molecule has 2 aromatic rings. The van der Waals surface area contributed by atoms with E-state index in [1.165, 1.54) is 11.6 Å². The van der Waals surface area contributed by atoms with Gasteiger partial charge in [-0.15, -0.1) is 0 Å². The van der Waals surface area contributed by atoms with Crippen LogP contribution in [0.25, 0.3) is 0 Å². The van der Waals surface area contributed by atoms with E-state index < -0.39 is 5.97 Å². The zero-order valence-electron chi connectivity index (χ0n) is 10.1. The number of carboxylic acid groups (broad SMARTS) is 1. The van der Waals surface area contributed by atoms with E-state index in [9.17, 15) is 4.79 Å². The number of ether oxygens (including phenoxy) is 1. The van der Waals surface area contributed by atoms with Gasteiger partial charge >= 0.3 is 5.97 Å². The minimum atomic E-state index is -1.07. The minimum absolute atomic E-state index is 0.0732. The third-order valence-electron chi connectivity index (χ3n) is 2.56. The molecule has 2 rings (SSSR count). The van der Waals surface area contributed by atoms with Gasteiger partial charge in [0, 0.05) is 0 Å². The van der Waals surface area contributed by atoms with Crippen molar-refractivity contribution >= 4 is 5.97 Å². The van der Waals surface area contributed by atoms with Gasteiger partial charge in [-0.2, -0.15) is 0 Å². The number of benzene rings is 1. The first kappa shape index (κ1) is 12.2. The predicted molar refractivity (Wildman–Crippen MR) is 65.8 cm³/mol. The summed E-state index contributed by atoms with van der Waals surface area (Å²) in [5.41, 5.74) is 1.19. The second kappa shape index (κ2) is 5.40. The fourth-order valence-electron chi connectivity index (χ4n) is 1.58. The second-order valence-electron chi connectivity index (χ2n) is 3.86. The molecule has 1 N–H and O–H groups in total. The first-order valence-corrected chi connectivity index (χ1v) is 5.73. The number of hydrogen-bond donors (Lipinski definition) is 1. The maximum absolute atomic E-state index is 10.6. The van der Waals surface area contributed by atoms with Crippen molar-refractivity contribution in [1.82, 2.24) is 0 Å². The van der Waals surface area contributed by atoms with E-state index in [0.717, 1.165) is 12.2 Å². The molecule has 0 radical (unpaired) electrons. The van der Waals surface area contributed by atoms with Crippen molar-refractivity contribution < 1.29 is 19.1 Å². The van der Waals surface area contributed by atoms with Gasteiger partial charge in [-0.3, -0.25) is 0 Å². The number of aromatic carboxylic acids is 1. The summed E-state index contributed by atoms with van der Waals surface area (Å²) in [6.45, 7) is 2.30. The van der Waals surface area contributed by atoms with Gasteiger partial charge in [0.2, 0.25) is 5.76 Å². The maximum Gasteiger partial charge on any atom is 0.371 e. The van der Waals surface area contributed by atoms with Crippen molar-refractivity contribution in [2.45, 2.75) is 20.0 Å². The molecule has 0 aliphatic rings. The molecular weight excluding hydrogens is 232 g/mol. The van der Waals surface area contributed by atoms with Crippen LogP contribution in [0.4, 0.5) is 0 Å². The monoisotopic (exact) mass is 246 g/mol. The van der Waals surface area contributed by atoms with Gasteiger partial charge < -0.3 is 14.3 Å². The summed E-state index contributed by atoms with van der Waals surface area (Å²) in [5, 5.41) is 8.72. The van der Waals surface area contributed by atoms with E-state index in [1.54, 1.807) is 6.07 Å². The van der Waals surface area contributed by atoms with Crippen LogP contribution in [0.1, 0.15) is 28.8 Å². The van der Waals surface area contributed by atoms with Crippen LogP contribution in [0, 0.1) is 0 Å². The Morgan fingerprint density at radius 2 is 2.17 bits per heavy atom. The van der Waals surface area contributed by atoms with Gasteiger partial charge in [0.05, 0.1) is 0 Å². The molecule has 0 fully saturated rings. The maximum atomic E-state index is 10.6. The Morgan fingerprint density at radius 3 is 2.83 bits per heavy atom. The highest BCUT2D eigenvalue weighted by atomic mass is 16.5. The zero-order chi connectivity index (χ0) is 13.0. The van der Waals surface area contributed by atoms with E-state index in [-0.39, 0.29) is 12.4 Å². The highest BCUT2D eigenvalue weighted by molar-refractivity contribution is 5.84. The quantitative estimate of drug-likeness (QED) is 0.880. The fourth-order valence-corrected chi connectivity index (χ4v) is 1.58. The lowest BCUT2D eigenvalue weighted by Crippen LogP contribution is -1.95. The second-order valence-corrected chi connectivity index (χ2v) is 3.86. The summed E-state index contributed by atoms with van der Waals surface area (Å²) in [4.78, 5) is 10.6. The summed E-state index contributed by atoms with van der Waals surface area (Å²) in [7, 11) is 0. The van der Waals surface area contributed by atoms with Gasteiger partial charge in [0.15, 0.2) is 0 Å². The third kappa shape index (κ3) is 2.91. The van der Waals surface area contributed by atoms with Crippen molar-refractivity contribution in [2.24, 2.45) is 0 Å². The van der Waals surface area contributed by atoms with Crippen LogP contribution in [-0.2, 0) is 13.0 Å². The first-order chi connectivity index (χ1) is 8.69. The standard InChI is InChI=1S/C14H14O4/c1-2-10-4-3-5-11(8-10)17-9-12-6-7-13(18-12)14(15)16/h3-8H,2,9H2,1H3,(H,15,16). The van der Waals surface area contributed by atoms with Crippen molar-refractivity contribution in [3.63, 3.8) is 0 Å². The number of furan rings is 1. The van der Waals surface area contributed by atoms with Gasteiger partial charge in [-0.05, 0) is 36.2 Å². The molecule has 0 amide bonds. The molecule has 1 aromatic heterocycles. The number of hydrogen-bond acceptors (Lipinski definition) is 3. The Bertz CT molecular complexity index is 542. The molecule has 18 heavy (non-hydrogen) atoms. The summed E-state index contributed by atoms with van der Waals surface area (Å²) in [6, 6.07) is 10.8. The van der Waals surface area contributed by atoms with Gasteiger partial charge in [-0.1, -0.05) is 19.1 Å². The largest absolute Gasteiger partial charge is 0.486 e. The normalized spacial score (nSPS) is 10.3. The van der Waals surface area contributed by atoms with E-state index in [2.05, 4.69) is 6.92 Å². The van der Waals surface area contributed by atoms with Gasteiger partial charge in [-0.25, -0.2) is 4.79 Å². The lowest BCUT2D eigenvalue weighted by Gasteiger charge is -2.05. The summed E-state index contributed by atoms with van der Waals surface area (Å²) < 4.78 is 10.6. The lowest BCUT2D eigenvalue weighted by molar-refractivity contribution is 0.0658.